The van der Waals surface area contributed by atoms with Crippen molar-refractivity contribution in [3.05, 3.63) is 46.0 Å². The lowest BCUT2D eigenvalue weighted by Gasteiger charge is -2.14. The highest BCUT2D eigenvalue weighted by Gasteiger charge is 2.14. The molecule has 0 amide bonds. The maximum absolute atomic E-state index is 4.62. The largest absolute Gasteiger partial charge is 0.305 e. The number of hydrogen-bond donors (Lipinski definition) is 1. The van der Waals surface area contributed by atoms with Gasteiger partial charge in [-0.05, 0) is 53.9 Å². The van der Waals surface area contributed by atoms with Crippen molar-refractivity contribution >= 4 is 15.9 Å². The zero-order valence-corrected chi connectivity index (χ0v) is 13.8. The van der Waals surface area contributed by atoms with Gasteiger partial charge in [-0.1, -0.05) is 6.92 Å². The molecule has 0 saturated heterocycles. The minimum Gasteiger partial charge on any atom is -0.305 e. The second kappa shape index (κ2) is 6.99. The fourth-order valence-corrected chi connectivity index (χ4v) is 2.91. The van der Waals surface area contributed by atoms with Crippen LogP contribution in [0.1, 0.15) is 43.8 Å². The number of rotatable bonds is 6. The van der Waals surface area contributed by atoms with Gasteiger partial charge in [-0.2, -0.15) is 5.10 Å². The third kappa shape index (κ3) is 3.27. The van der Waals surface area contributed by atoms with Crippen molar-refractivity contribution in [3.63, 3.8) is 0 Å². The van der Waals surface area contributed by atoms with E-state index in [-0.39, 0.29) is 6.04 Å². The summed E-state index contributed by atoms with van der Waals surface area (Å²) in [5, 5.41) is 8.17. The van der Waals surface area contributed by atoms with E-state index in [1.54, 1.807) is 0 Å². The van der Waals surface area contributed by atoms with Crippen LogP contribution in [0.3, 0.4) is 0 Å². The van der Waals surface area contributed by atoms with E-state index >= 15 is 0 Å². The highest BCUT2D eigenvalue weighted by molar-refractivity contribution is 9.10. The first kappa shape index (κ1) is 15.2. The Morgan fingerprint density at radius 2 is 2.00 bits per heavy atom. The van der Waals surface area contributed by atoms with Crippen molar-refractivity contribution in [1.29, 1.82) is 0 Å². The summed E-state index contributed by atoms with van der Waals surface area (Å²) in [5.74, 6) is 0. The SMILES string of the molecule is CCc1nn(CC)c(CN[C@H](C)c2ccncc2)c1Br. The number of nitrogens with one attached hydrogen (secondary N) is 1. The van der Waals surface area contributed by atoms with Gasteiger partial charge < -0.3 is 5.32 Å². The summed E-state index contributed by atoms with van der Waals surface area (Å²) in [6, 6.07) is 4.37. The van der Waals surface area contributed by atoms with Gasteiger partial charge in [0.2, 0.25) is 0 Å². The molecular formula is C15H21BrN4. The summed E-state index contributed by atoms with van der Waals surface area (Å²) in [7, 11) is 0. The van der Waals surface area contributed by atoms with Crippen molar-refractivity contribution in [1.82, 2.24) is 20.1 Å². The Labute approximate surface area is 128 Å². The van der Waals surface area contributed by atoms with E-state index in [4.69, 9.17) is 0 Å². The van der Waals surface area contributed by atoms with E-state index in [0.717, 1.165) is 29.7 Å². The molecule has 2 rings (SSSR count). The molecule has 5 heteroatoms. The van der Waals surface area contributed by atoms with Crippen LogP contribution >= 0.6 is 15.9 Å². The van der Waals surface area contributed by atoms with Gasteiger partial charge in [0.15, 0.2) is 0 Å². The van der Waals surface area contributed by atoms with E-state index in [2.05, 4.69) is 56.8 Å². The molecule has 1 N–H and O–H groups in total. The molecule has 0 radical (unpaired) electrons. The molecule has 0 aliphatic rings. The fourth-order valence-electron chi connectivity index (χ4n) is 2.21. The van der Waals surface area contributed by atoms with Gasteiger partial charge in [0.25, 0.3) is 0 Å². The van der Waals surface area contributed by atoms with Crippen LogP contribution in [0, 0.1) is 0 Å². The third-order valence-electron chi connectivity index (χ3n) is 3.48. The minimum atomic E-state index is 0.287. The number of aryl methyl sites for hydroxylation is 2. The number of hydrogen-bond acceptors (Lipinski definition) is 3. The van der Waals surface area contributed by atoms with E-state index in [0.29, 0.717) is 0 Å². The Kier molecular flexibility index (Phi) is 5.31. The molecule has 0 fully saturated rings. The normalized spacial score (nSPS) is 12.6. The minimum absolute atomic E-state index is 0.287. The topological polar surface area (TPSA) is 42.7 Å². The molecule has 2 heterocycles. The zero-order chi connectivity index (χ0) is 14.5. The summed E-state index contributed by atoms with van der Waals surface area (Å²) < 4.78 is 3.20. The van der Waals surface area contributed by atoms with Crippen LogP contribution in [-0.2, 0) is 19.5 Å². The quantitative estimate of drug-likeness (QED) is 0.878. The highest BCUT2D eigenvalue weighted by atomic mass is 79.9. The monoisotopic (exact) mass is 336 g/mol. The number of nitrogens with zero attached hydrogens (tertiary/aromatic N) is 3. The average Bonchev–Trinajstić information content (AvgIpc) is 2.81. The van der Waals surface area contributed by atoms with Crippen LogP contribution in [0.25, 0.3) is 0 Å². The van der Waals surface area contributed by atoms with Crippen molar-refractivity contribution in [2.24, 2.45) is 0 Å². The van der Waals surface area contributed by atoms with Gasteiger partial charge in [-0.25, -0.2) is 0 Å². The van der Waals surface area contributed by atoms with Crippen molar-refractivity contribution < 1.29 is 0 Å². The van der Waals surface area contributed by atoms with Gasteiger partial charge in [-0.3, -0.25) is 9.67 Å². The average molecular weight is 337 g/mol. The second-order valence-electron chi connectivity index (χ2n) is 4.76. The molecule has 0 spiro atoms. The molecule has 2 aromatic heterocycles. The Morgan fingerprint density at radius 3 is 2.60 bits per heavy atom. The zero-order valence-electron chi connectivity index (χ0n) is 12.2. The molecule has 1 atom stereocenters. The molecule has 2 aromatic rings. The molecule has 0 aliphatic heterocycles. The molecule has 108 valence electrons. The summed E-state index contributed by atoms with van der Waals surface area (Å²) >= 11 is 3.68. The van der Waals surface area contributed by atoms with Gasteiger partial charge >= 0.3 is 0 Å². The van der Waals surface area contributed by atoms with Crippen LogP contribution in [0.15, 0.2) is 29.0 Å². The number of aromatic nitrogens is 3. The van der Waals surface area contributed by atoms with Gasteiger partial charge in [0, 0.05) is 31.5 Å². The molecule has 0 aromatic carbocycles. The fraction of sp³-hybridized carbons (Fsp3) is 0.467. The van der Waals surface area contributed by atoms with Crippen LogP contribution in [0.4, 0.5) is 0 Å². The summed E-state index contributed by atoms with van der Waals surface area (Å²) in [6.45, 7) is 8.10. The smallest absolute Gasteiger partial charge is 0.0767 e. The van der Waals surface area contributed by atoms with Crippen LogP contribution in [0.5, 0.6) is 0 Å². The maximum Gasteiger partial charge on any atom is 0.0767 e. The summed E-state index contributed by atoms with van der Waals surface area (Å²) in [6.07, 6.45) is 4.60. The molecule has 20 heavy (non-hydrogen) atoms. The molecule has 0 unspecified atom stereocenters. The molecule has 0 bridgehead atoms. The lowest BCUT2D eigenvalue weighted by Crippen LogP contribution is -2.20. The van der Waals surface area contributed by atoms with E-state index in [1.807, 2.05) is 24.5 Å². The van der Waals surface area contributed by atoms with E-state index in [9.17, 15) is 0 Å². The lowest BCUT2D eigenvalue weighted by molar-refractivity contribution is 0.529. The highest BCUT2D eigenvalue weighted by Crippen LogP contribution is 2.23. The molecule has 4 nitrogen and oxygen atoms in total. The lowest BCUT2D eigenvalue weighted by atomic mass is 10.1. The standard InChI is InChI=1S/C15H21BrN4/c1-4-13-15(16)14(20(5-2)19-13)10-18-11(3)12-6-8-17-9-7-12/h6-9,11,18H,4-5,10H2,1-3H3/t11-/m1/s1. The first-order valence-electron chi connectivity index (χ1n) is 7.04. The van der Waals surface area contributed by atoms with Crippen LogP contribution in [0.2, 0.25) is 0 Å². The number of pyridine rings is 1. The molecular weight excluding hydrogens is 316 g/mol. The number of halogens is 1. The second-order valence-corrected chi connectivity index (χ2v) is 5.55. The first-order valence-corrected chi connectivity index (χ1v) is 7.84. The third-order valence-corrected chi connectivity index (χ3v) is 4.39. The molecule has 0 saturated carbocycles. The maximum atomic E-state index is 4.62. The Balaban J connectivity index is 2.09. The van der Waals surface area contributed by atoms with Crippen LogP contribution < -0.4 is 5.32 Å². The Bertz CT molecular complexity index is 551. The van der Waals surface area contributed by atoms with Crippen molar-refractivity contribution in [3.8, 4) is 0 Å². The summed E-state index contributed by atoms with van der Waals surface area (Å²) in [4.78, 5) is 4.05. The Morgan fingerprint density at radius 1 is 1.30 bits per heavy atom. The first-order chi connectivity index (χ1) is 9.67. The predicted octanol–water partition coefficient (Wildman–Crippen LogP) is 3.47. The van der Waals surface area contributed by atoms with Crippen molar-refractivity contribution in [2.45, 2.75) is 46.3 Å². The van der Waals surface area contributed by atoms with Gasteiger partial charge in [-0.15, -0.1) is 0 Å². The predicted molar refractivity (Wildman–Crippen MR) is 84.5 cm³/mol. The van der Waals surface area contributed by atoms with E-state index < -0.39 is 0 Å². The van der Waals surface area contributed by atoms with E-state index in [1.165, 1.54) is 11.3 Å². The van der Waals surface area contributed by atoms with Gasteiger partial charge in [0.1, 0.15) is 0 Å². The van der Waals surface area contributed by atoms with Crippen molar-refractivity contribution in [2.75, 3.05) is 0 Å². The van der Waals surface area contributed by atoms with Gasteiger partial charge in [0.05, 0.1) is 15.9 Å². The Hall–Kier alpha value is -1.20. The summed E-state index contributed by atoms with van der Waals surface area (Å²) in [5.41, 5.74) is 3.58. The molecule has 0 aliphatic carbocycles. The van der Waals surface area contributed by atoms with Crippen LogP contribution in [-0.4, -0.2) is 14.8 Å².